The maximum Gasteiger partial charge on any atom is 0.322 e. The van der Waals surface area contributed by atoms with Gasteiger partial charge in [0.25, 0.3) is 0 Å². The van der Waals surface area contributed by atoms with E-state index in [0.717, 1.165) is 18.5 Å². The number of hydrogen-bond donors (Lipinski definition) is 2. The maximum atomic E-state index is 12.9. The number of aliphatic carboxylic acids is 1. The Morgan fingerprint density at radius 1 is 1.44 bits per heavy atom. The Bertz CT molecular complexity index is 545. The first-order valence-corrected chi connectivity index (χ1v) is 6.58. The van der Waals surface area contributed by atoms with Gasteiger partial charge in [-0.15, -0.1) is 0 Å². The van der Waals surface area contributed by atoms with Crippen molar-refractivity contribution >= 4 is 16.0 Å². The van der Waals surface area contributed by atoms with Crippen LogP contribution < -0.4 is 4.72 Å². The number of halogens is 1. The zero-order chi connectivity index (χ0) is 13.9. The summed E-state index contributed by atoms with van der Waals surface area (Å²) in [6.45, 7) is 3.12. The number of carbonyl (C=O) groups is 1. The van der Waals surface area contributed by atoms with Gasteiger partial charge in [-0.05, 0) is 12.0 Å². The van der Waals surface area contributed by atoms with Crippen LogP contribution in [0.5, 0.6) is 0 Å². The van der Waals surface area contributed by atoms with E-state index in [-0.39, 0.29) is 0 Å². The molecule has 0 aliphatic rings. The molecule has 6 nitrogen and oxygen atoms in total. The van der Waals surface area contributed by atoms with Crippen LogP contribution in [0.1, 0.15) is 13.8 Å². The third-order valence-corrected chi connectivity index (χ3v) is 3.61. The molecule has 0 amide bonds. The predicted octanol–water partition coefficient (Wildman–Crippen LogP) is 0.608. The van der Waals surface area contributed by atoms with Gasteiger partial charge in [-0.25, -0.2) is 12.8 Å². The number of aromatic nitrogens is 1. The van der Waals surface area contributed by atoms with Gasteiger partial charge in [0.1, 0.15) is 16.8 Å². The van der Waals surface area contributed by atoms with Crippen molar-refractivity contribution in [2.24, 2.45) is 5.92 Å². The SMILES string of the molecule is CC(C)C(NS(=O)(=O)c1cncc(F)c1)C(=O)O. The van der Waals surface area contributed by atoms with Crippen molar-refractivity contribution in [3.05, 3.63) is 24.3 Å². The average Bonchev–Trinajstić information content (AvgIpc) is 2.25. The van der Waals surface area contributed by atoms with Crippen molar-refractivity contribution < 1.29 is 22.7 Å². The molecule has 1 atom stereocenters. The number of pyridine rings is 1. The van der Waals surface area contributed by atoms with Crippen LogP contribution in [0.25, 0.3) is 0 Å². The number of nitrogens with zero attached hydrogens (tertiary/aromatic N) is 1. The molecule has 1 unspecified atom stereocenters. The largest absolute Gasteiger partial charge is 0.480 e. The Morgan fingerprint density at radius 2 is 2.06 bits per heavy atom. The first kappa shape index (κ1) is 14.5. The minimum absolute atomic E-state index is 0.408. The molecular formula is C10H13FN2O4S. The topological polar surface area (TPSA) is 96.4 Å². The standard InChI is InChI=1S/C10H13FN2O4S/c1-6(2)9(10(14)15)13-18(16,17)8-3-7(11)4-12-5-8/h3-6,9,13H,1-2H3,(H,14,15). The second kappa shape index (κ2) is 5.40. The average molecular weight is 276 g/mol. The molecule has 0 saturated carbocycles. The molecule has 0 spiro atoms. The van der Waals surface area contributed by atoms with Crippen molar-refractivity contribution in [2.45, 2.75) is 24.8 Å². The van der Waals surface area contributed by atoms with Crippen LogP contribution in [0.15, 0.2) is 23.4 Å². The third kappa shape index (κ3) is 3.47. The molecule has 0 aliphatic heterocycles. The lowest BCUT2D eigenvalue weighted by molar-refractivity contribution is -0.140. The number of carboxylic acid groups (broad SMARTS) is 1. The van der Waals surface area contributed by atoms with Gasteiger partial charge in [0, 0.05) is 6.20 Å². The van der Waals surface area contributed by atoms with E-state index in [4.69, 9.17) is 5.11 Å². The number of rotatable bonds is 5. The molecule has 1 rings (SSSR count). The lowest BCUT2D eigenvalue weighted by Gasteiger charge is -2.17. The summed E-state index contributed by atoms with van der Waals surface area (Å²) in [5.74, 6) is -2.55. The Kier molecular flexibility index (Phi) is 4.36. The van der Waals surface area contributed by atoms with Crippen LogP contribution in [0.4, 0.5) is 4.39 Å². The lowest BCUT2D eigenvalue weighted by Crippen LogP contribution is -2.44. The Morgan fingerprint density at radius 3 is 2.50 bits per heavy atom. The number of sulfonamides is 1. The van der Waals surface area contributed by atoms with Gasteiger partial charge < -0.3 is 5.11 Å². The first-order valence-electron chi connectivity index (χ1n) is 5.09. The summed E-state index contributed by atoms with van der Waals surface area (Å²) in [5.41, 5.74) is 0. The highest BCUT2D eigenvalue weighted by atomic mass is 32.2. The normalized spacial score (nSPS) is 13.6. The molecule has 0 radical (unpaired) electrons. The Hall–Kier alpha value is -1.54. The van der Waals surface area contributed by atoms with E-state index in [1.165, 1.54) is 0 Å². The van der Waals surface area contributed by atoms with Crippen molar-refractivity contribution in [1.82, 2.24) is 9.71 Å². The molecule has 1 aromatic rings. The predicted molar refractivity (Wildman–Crippen MR) is 60.8 cm³/mol. The van der Waals surface area contributed by atoms with Crippen molar-refractivity contribution in [2.75, 3.05) is 0 Å². The van der Waals surface area contributed by atoms with Crippen LogP contribution in [0.2, 0.25) is 0 Å². The summed E-state index contributed by atoms with van der Waals surface area (Å²) >= 11 is 0. The molecule has 0 bridgehead atoms. The zero-order valence-corrected chi connectivity index (χ0v) is 10.6. The monoisotopic (exact) mass is 276 g/mol. The van der Waals surface area contributed by atoms with E-state index >= 15 is 0 Å². The quantitative estimate of drug-likeness (QED) is 0.821. The number of carboxylic acids is 1. The summed E-state index contributed by atoms with van der Waals surface area (Å²) in [6.07, 6.45) is 1.81. The minimum Gasteiger partial charge on any atom is -0.480 e. The molecular weight excluding hydrogens is 263 g/mol. The second-order valence-corrected chi connectivity index (χ2v) is 5.73. The third-order valence-electron chi connectivity index (χ3n) is 2.20. The summed E-state index contributed by atoms with van der Waals surface area (Å²) in [5, 5.41) is 8.89. The summed E-state index contributed by atoms with van der Waals surface area (Å²) < 4.78 is 38.5. The first-order chi connectivity index (χ1) is 8.24. The molecule has 1 heterocycles. The summed E-state index contributed by atoms with van der Waals surface area (Å²) in [7, 11) is -4.11. The van der Waals surface area contributed by atoms with E-state index in [1.807, 2.05) is 4.72 Å². The van der Waals surface area contributed by atoms with Gasteiger partial charge in [-0.2, -0.15) is 4.72 Å². The molecule has 0 fully saturated rings. The van der Waals surface area contributed by atoms with Gasteiger partial charge in [-0.3, -0.25) is 9.78 Å². The fourth-order valence-corrected chi connectivity index (χ4v) is 2.56. The van der Waals surface area contributed by atoms with E-state index in [1.54, 1.807) is 13.8 Å². The summed E-state index contributed by atoms with van der Waals surface area (Å²) in [6, 6.07) is -0.507. The van der Waals surface area contributed by atoms with Crippen LogP contribution in [0, 0.1) is 11.7 Å². The van der Waals surface area contributed by atoms with Crippen molar-refractivity contribution in [3.8, 4) is 0 Å². The molecule has 1 aromatic heterocycles. The van der Waals surface area contributed by atoms with E-state index in [0.29, 0.717) is 0 Å². The van der Waals surface area contributed by atoms with E-state index < -0.39 is 38.7 Å². The van der Waals surface area contributed by atoms with Crippen molar-refractivity contribution in [3.63, 3.8) is 0 Å². The molecule has 100 valence electrons. The van der Waals surface area contributed by atoms with Gasteiger partial charge >= 0.3 is 5.97 Å². The maximum absolute atomic E-state index is 12.9. The van der Waals surface area contributed by atoms with Crippen LogP contribution in [-0.2, 0) is 14.8 Å². The van der Waals surface area contributed by atoms with Gasteiger partial charge in [0.05, 0.1) is 6.20 Å². The Labute approximate surface area is 104 Å². The summed E-state index contributed by atoms with van der Waals surface area (Å²) in [4.78, 5) is 13.9. The van der Waals surface area contributed by atoms with Crippen molar-refractivity contribution in [1.29, 1.82) is 0 Å². The Balaban J connectivity index is 3.05. The van der Waals surface area contributed by atoms with Gasteiger partial charge in [-0.1, -0.05) is 13.8 Å². The van der Waals surface area contributed by atoms with Gasteiger partial charge in [0.15, 0.2) is 0 Å². The highest BCUT2D eigenvalue weighted by Gasteiger charge is 2.28. The minimum atomic E-state index is -4.11. The lowest BCUT2D eigenvalue weighted by atomic mass is 10.1. The number of nitrogens with one attached hydrogen (secondary N) is 1. The van der Waals surface area contributed by atoms with E-state index in [9.17, 15) is 17.6 Å². The highest BCUT2D eigenvalue weighted by Crippen LogP contribution is 2.11. The molecule has 18 heavy (non-hydrogen) atoms. The fourth-order valence-electron chi connectivity index (χ4n) is 1.25. The highest BCUT2D eigenvalue weighted by molar-refractivity contribution is 7.89. The van der Waals surface area contributed by atoms with Gasteiger partial charge in [0.2, 0.25) is 10.0 Å². The molecule has 2 N–H and O–H groups in total. The van der Waals surface area contributed by atoms with Crippen LogP contribution in [0.3, 0.4) is 0 Å². The van der Waals surface area contributed by atoms with Crippen LogP contribution in [-0.4, -0.2) is 30.5 Å². The molecule has 8 heteroatoms. The zero-order valence-electron chi connectivity index (χ0n) is 9.79. The molecule has 0 aromatic carbocycles. The second-order valence-electron chi connectivity index (χ2n) is 4.02. The molecule has 0 saturated heterocycles. The van der Waals surface area contributed by atoms with Crippen LogP contribution >= 0.6 is 0 Å². The number of hydrogen-bond acceptors (Lipinski definition) is 4. The van der Waals surface area contributed by atoms with E-state index in [2.05, 4.69) is 4.98 Å². The smallest absolute Gasteiger partial charge is 0.322 e. The molecule has 0 aliphatic carbocycles. The fraction of sp³-hybridized carbons (Fsp3) is 0.400.